The van der Waals surface area contributed by atoms with Crippen molar-refractivity contribution in [2.45, 2.75) is 51.2 Å². The number of nitrogens with zero attached hydrogens (tertiary/aromatic N) is 2. The molecule has 0 radical (unpaired) electrons. The van der Waals surface area contributed by atoms with Gasteiger partial charge < -0.3 is 19.7 Å². The van der Waals surface area contributed by atoms with E-state index in [1.807, 2.05) is 6.92 Å². The lowest BCUT2D eigenvalue weighted by Crippen LogP contribution is -2.52. The number of amides is 2. The number of carbonyl (C=O) groups excluding carboxylic acids is 2. The van der Waals surface area contributed by atoms with Crippen molar-refractivity contribution in [3.63, 3.8) is 0 Å². The third kappa shape index (κ3) is 7.67. The van der Waals surface area contributed by atoms with Gasteiger partial charge in [0.1, 0.15) is 12.6 Å². The Morgan fingerprint density at radius 1 is 0.905 bits per heavy atom. The highest BCUT2D eigenvalue weighted by Crippen LogP contribution is 2.33. The summed E-state index contributed by atoms with van der Waals surface area (Å²) in [6, 6.07) is 14.7. The number of anilines is 1. The number of hydrogen-bond donors (Lipinski definition) is 1. The number of ether oxygens (including phenoxy) is 2. The van der Waals surface area contributed by atoms with E-state index in [4.69, 9.17) is 32.7 Å². The van der Waals surface area contributed by atoms with Crippen molar-refractivity contribution >= 4 is 50.7 Å². The van der Waals surface area contributed by atoms with Gasteiger partial charge in [0.2, 0.25) is 11.8 Å². The summed E-state index contributed by atoms with van der Waals surface area (Å²) in [4.78, 5) is 28.3. The van der Waals surface area contributed by atoms with Crippen LogP contribution in [0.25, 0.3) is 0 Å². The van der Waals surface area contributed by atoms with Crippen LogP contribution in [0.1, 0.15) is 31.9 Å². The van der Waals surface area contributed by atoms with Crippen LogP contribution >= 0.6 is 23.2 Å². The predicted octanol–water partition coefficient (Wildman–Crippen LogP) is 5.46. The lowest BCUT2D eigenvalue weighted by Gasteiger charge is -2.32. The van der Waals surface area contributed by atoms with Gasteiger partial charge in [0, 0.05) is 34.3 Å². The normalized spacial score (nSPS) is 12.0. The average molecular weight is 637 g/mol. The van der Waals surface area contributed by atoms with E-state index in [9.17, 15) is 18.0 Å². The quantitative estimate of drug-likeness (QED) is 0.283. The summed E-state index contributed by atoms with van der Waals surface area (Å²) in [7, 11) is -1.47. The molecule has 0 unspecified atom stereocenters. The van der Waals surface area contributed by atoms with Crippen molar-refractivity contribution in [1.82, 2.24) is 10.2 Å². The second-order valence-electron chi connectivity index (χ2n) is 9.93. The largest absolute Gasteiger partial charge is 0.493 e. The first kappa shape index (κ1) is 33.0. The van der Waals surface area contributed by atoms with Crippen LogP contribution in [-0.2, 0) is 26.2 Å². The maximum atomic E-state index is 14.1. The second kappa shape index (κ2) is 14.1. The number of rotatable bonds is 12. The van der Waals surface area contributed by atoms with Crippen LogP contribution in [0.5, 0.6) is 11.5 Å². The topological polar surface area (TPSA) is 105 Å². The molecule has 1 N–H and O–H groups in total. The molecular formula is C30H35Cl2N3O6S. The number of benzene rings is 3. The monoisotopic (exact) mass is 635 g/mol. The zero-order chi connectivity index (χ0) is 31.2. The number of halogens is 2. The molecule has 0 spiro atoms. The van der Waals surface area contributed by atoms with Gasteiger partial charge in [0.25, 0.3) is 10.0 Å². The Labute approximate surface area is 257 Å². The Morgan fingerprint density at radius 2 is 1.50 bits per heavy atom. The number of sulfonamides is 1. The molecule has 0 aliphatic carbocycles. The van der Waals surface area contributed by atoms with Crippen LogP contribution in [0.4, 0.5) is 5.69 Å². The summed E-state index contributed by atoms with van der Waals surface area (Å²) in [5.74, 6) is -0.488. The number of nitrogens with one attached hydrogen (secondary N) is 1. The second-order valence-corrected chi connectivity index (χ2v) is 12.6. The number of hydrogen-bond acceptors (Lipinski definition) is 6. The number of carbonyl (C=O) groups is 2. The summed E-state index contributed by atoms with van der Waals surface area (Å²) in [5.41, 5.74) is 1.60. The minimum atomic E-state index is -4.31. The van der Waals surface area contributed by atoms with Gasteiger partial charge in [-0.2, -0.15) is 0 Å². The molecule has 3 aromatic carbocycles. The molecule has 0 aliphatic heterocycles. The van der Waals surface area contributed by atoms with Gasteiger partial charge in [-0.15, -0.1) is 0 Å². The van der Waals surface area contributed by atoms with Crippen molar-refractivity contribution in [2.24, 2.45) is 0 Å². The van der Waals surface area contributed by atoms with E-state index in [2.05, 4.69) is 5.32 Å². The molecule has 42 heavy (non-hydrogen) atoms. The maximum absolute atomic E-state index is 14.1. The summed E-state index contributed by atoms with van der Waals surface area (Å²) in [6.45, 7) is 6.31. The fourth-order valence-electron chi connectivity index (χ4n) is 4.19. The molecule has 12 heteroatoms. The average Bonchev–Trinajstić information content (AvgIpc) is 2.95. The molecule has 1 atom stereocenters. The van der Waals surface area contributed by atoms with Gasteiger partial charge in [-0.25, -0.2) is 8.42 Å². The molecule has 2 amide bonds. The van der Waals surface area contributed by atoms with E-state index in [1.54, 1.807) is 63.2 Å². The molecule has 3 rings (SSSR count). The third-order valence-electron chi connectivity index (χ3n) is 6.53. The highest BCUT2D eigenvalue weighted by molar-refractivity contribution is 7.92. The van der Waals surface area contributed by atoms with Gasteiger partial charge in [0.15, 0.2) is 11.5 Å². The van der Waals surface area contributed by atoms with Crippen LogP contribution < -0.4 is 19.1 Å². The smallest absolute Gasteiger partial charge is 0.264 e. The maximum Gasteiger partial charge on any atom is 0.264 e. The first-order valence-corrected chi connectivity index (χ1v) is 15.3. The number of aryl methyl sites for hydroxylation is 1. The van der Waals surface area contributed by atoms with Gasteiger partial charge in [-0.05, 0) is 64.1 Å². The van der Waals surface area contributed by atoms with Crippen LogP contribution in [0.2, 0.25) is 10.0 Å². The molecule has 0 fully saturated rings. The van der Waals surface area contributed by atoms with Crippen LogP contribution in [-0.4, -0.2) is 58.0 Å². The summed E-state index contributed by atoms with van der Waals surface area (Å²) in [5, 5.41) is 3.43. The molecule has 0 saturated carbocycles. The summed E-state index contributed by atoms with van der Waals surface area (Å²) >= 11 is 12.8. The molecular weight excluding hydrogens is 601 g/mol. The molecule has 3 aromatic rings. The Hall–Kier alpha value is -3.47. The highest BCUT2D eigenvalue weighted by atomic mass is 35.5. The van der Waals surface area contributed by atoms with Crippen LogP contribution in [0.15, 0.2) is 65.6 Å². The molecule has 226 valence electrons. The van der Waals surface area contributed by atoms with E-state index >= 15 is 0 Å². The summed E-state index contributed by atoms with van der Waals surface area (Å²) < 4.78 is 39.8. The minimum Gasteiger partial charge on any atom is -0.493 e. The zero-order valence-electron chi connectivity index (χ0n) is 24.4. The van der Waals surface area contributed by atoms with E-state index in [0.717, 1.165) is 9.87 Å². The Morgan fingerprint density at radius 3 is 2.05 bits per heavy atom. The number of methoxy groups -OCH3 is 2. The first-order chi connectivity index (χ1) is 19.8. The molecule has 0 heterocycles. The fourth-order valence-corrected chi connectivity index (χ4v) is 6.13. The Kier molecular flexibility index (Phi) is 11.1. The van der Waals surface area contributed by atoms with Crippen molar-refractivity contribution in [3.8, 4) is 11.5 Å². The highest BCUT2D eigenvalue weighted by Gasteiger charge is 2.33. The summed E-state index contributed by atoms with van der Waals surface area (Å²) in [6.07, 6.45) is 0. The van der Waals surface area contributed by atoms with Gasteiger partial charge in [-0.1, -0.05) is 47.0 Å². The fraction of sp³-hybridized carbons (Fsp3) is 0.333. The molecule has 0 bridgehead atoms. The Bertz CT molecular complexity index is 1510. The van der Waals surface area contributed by atoms with E-state index in [-0.39, 0.29) is 28.9 Å². The molecule has 0 aromatic heterocycles. The predicted molar refractivity (Wildman–Crippen MR) is 165 cm³/mol. The standard InChI is InChI=1S/C30H35Cl2N3O6S/c1-19(2)33-30(37)21(4)34(17-24-25(31)8-7-9-26(24)32)29(36)18-35(22-12-10-20(3)11-13-22)42(38,39)23-14-15-27(40-5)28(16-23)41-6/h7-16,19,21H,17-18H2,1-6H3,(H,33,37)/t21-/m0/s1. The molecule has 0 aliphatic rings. The first-order valence-electron chi connectivity index (χ1n) is 13.1. The van der Waals surface area contributed by atoms with E-state index < -0.39 is 34.4 Å². The molecule has 9 nitrogen and oxygen atoms in total. The van der Waals surface area contributed by atoms with Crippen molar-refractivity contribution in [3.05, 3.63) is 81.8 Å². The van der Waals surface area contributed by atoms with Gasteiger partial charge >= 0.3 is 0 Å². The van der Waals surface area contributed by atoms with E-state index in [0.29, 0.717) is 21.4 Å². The third-order valence-corrected chi connectivity index (χ3v) is 9.01. The SMILES string of the molecule is COc1ccc(S(=O)(=O)N(CC(=O)N(Cc2c(Cl)cccc2Cl)[C@@H](C)C(=O)NC(C)C)c2ccc(C)cc2)cc1OC. The minimum absolute atomic E-state index is 0.111. The lowest BCUT2D eigenvalue weighted by atomic mass is 10.1. The lowest BCUT2D eigenvalue weighted by molar-refractivity contribution is -0.139. The van der Waals surface area contributed by atoms with Crippen LogP contribution in [0, 0.1) is 6.92 Å². The van der Waals surface area contributed by atoms with Crippen LogP contribution in [0.3, 0.4) is 0 Å². The Balaban J connectivity index is 2.10. The van der Waals surface area contributed by atoms with Gasteiger partial charge in [-0.3, -0.25) is 13.9 Å². The van der Waals surface area contributed by atoms with E-state index in [1.165, 1.54) is 37.3 Å². The van der Waals surface area contributed by atoms with Crippen molar-refractivity contribution in [1.29, 1.82) is 0 Å². The zero-order valence-corrected chi connectivity index (χ0v) is 26.7. The molecule has 0 saturated heterocycles. The van der Waals surface area contributed by atoms with Crippen molar-refractivity contribution < 1.29 is 27.5 Å². The van der Waals surface area contributed by atoms with Gasteiger partial charge in [0.05, 0.1) is 24.8 Å². The van der Waals surface area contributed by atoms with Crippen molar-refractivity contribution in [2.75, 3.05) is 25.1 Å².